The first kappa shape index (κ1) is 12.8. The lowest BCUT2D eigenvalue weighted by atomic mass is 10.1. The van der Waals surface area contributed by atoms with Crippen LogP contribution in [0.3, 0.4) is 0 Å². The maximum atomic E-state index is 12.9. The van der Waals surface area contributed by atoms with Crippen molar-refractivity contribution in [1.82, 2.24) is 14.8 Å². The first-order valence-corrected chi connectivity index (χ1v) is 7.70. The summed E-state index contributed by atoms with van der Waals surface area (Å²) in [7, 11) is 0. The molecule has 1 aromatic carbocycles. The molecule has 2 fully saturated rings. The Morgan fingerprint density at radius 2 is 2.05 bits per heavy atom. The molecule has 21 heavy (non-hydrogen) atoms. The van der Waals surface area contributed by atoms with E-state index in [-0.39, 0.29) is 5.91 Å². The standard InChI is InChI=1S/C17H19N3O/c21-17(20-11-10-19-9-3-4-13(19)12-20)15-7-8-18-16-6-2-1-5-14(15)16/h1-2,5-8,13H,3-4,9-12H2. The van der Waals surface area contributed by atoms with Gasteiger partial charge in [-0.3, -0.25) is 14.7 Å². The molecule has 0 N–H and O–H groups in total. The summed E-state index contributed by atoms with van der Waals surface area (Å²) >= 11 is 0. The van der Waals surface area contributed by atoms with Crippen LogP contribution in [-0.2, 0) is 0 Å². The second-order valence-electron chi connectivity index (χ2n) is 5.96. The molecule has 4 rings (SSSR count). The summed E-state index contributed by atoms with van der Waals surface area (Å²) in [6.45, 7) is 3.92. The zero-order valence-corrected chi connectivity index (χ0v) is 12.0. The highest BCUT2D eigenvalue weighted by Crippen LogP contribution is 2.24. The fourth-order valence-corrected chi connectivity index (χ4v) is 3.63. The molecule has 2 aromatic rings. The summed E-state index contributed by atoms with van der Waals surface area (Å²) in [6.07, 6.45) is 4.23. The van der Waals surface area contributed by atoms with E-state index in [2.05, 4.69) is 9.88 Å². The number of hydrogen-bond acceptors (Lipinski definition) is 3. The quantitative estimate of drug-likeness (QED) is 0.803. The summed E-state index contributed by atoms with van der Waals surface area (Å²) in [4.78, 5) is 21.8. The number of para-hydroxylation sites is 1. The van der Waals surface area contributed by atoms with Gasteiger partial charge in [0.1, 0.15) is 0 Å². The van der Waals surface area contributed by atoms with Gasteiger partial charge in [-0.05, 0) is 31.5 Å². The minimum absolute atomic E-state index is 0.153. The van der Waals surface area contributed by atoms with E-state index in [1.165, 1.54) is 19.4 Å². The van der Waals surface area contributed by atoms with Crippen LogP contribution in [-0.4, -0.2) is 52.9 Å². The van der Waals surface area contributed by atoms with E-state index in [4.69, 9.17) is 0 Å². The molecule has 2 saturated heterocycles. The molecule has 4 nitrogen and oxygen atoms in total. The first-order chi connectivity index (χ1) is 10.3. The van der Waals surface area contributed by atoms with Crippen molar-refractivity contribution in [2.24, 2.45) is 0 Å². The van der Waals surface area contributed by atoms with Crippen LogP contribution in [0.1, 0.15) is 23.2 Å². The molecule has 1 aromatic heterocycles. The number of piperazine rings is 1. The van der Waals surface area contributed by atoms with Gasteiger partial charge in [-0.2, -0.15) is 0 Å². The number of rotatable bonds is 1. The number of aromatic nitrogens is 1. The van der Waals surface area contributed by atoms with Crippen molar-refractivity contribution in [1.29, 1.82) is 0 Å². The van der Waals surface area contributed by atoms with Crippen molar-refractivity contribution >= 4 is 16.8 Å². The van der Waals surface area contributed by atoms with Gasteiger partial charge < -0.3 is 4.90 Å². The summed E-state index contributed by atoms with van der Waals surface area (Å²) in [6, 6.07) is 10.3. The van der Waals surface area contributed by atoms with Gasteiger partial charge in [0.25, 0.3) is 5.91 Å². The third-order valence-corrected chi connectivity index (χ3v) is 4.75. The molecule has 2 aliphatic rings. The lowest BCUT2D eigenvalue weighted by Crippen LogP contribution is -2.52. The van der Waals surface area contributed by atoms with Gasteiger partial charge in [0.2, 0.25) is 0 Å². The topological polar surface area (TPSA) is 36.4 Å². The van der Waals surface area contributed by atoms with Gasteiger partial charge in [0.15, 0.2) is 0 Å². The minimum atomic E-state index is 0.153. The van der Waals surface area contributed by atoms with E-state index in [9.17, 15) is 4.79 Å². The van der Waals surface area contributed by atoms with Crippen LogP contribution in [0, 0.1) is 0 Å². The number of pyridine rings is 1. The summed E-state index contributed by atoms with van der Waals surface area (Å²) < 4.78 is 0. The van der Waals surface area contributed by atoms with Crippen molar-refractivity contribution in [2.75, 3.05) is 26.2 Å². The lowest BCUT2D eigenvalue weighted by molar-refractivity contribution is 0.0573. The molecule has 1 amide bonds. The number of carbonyl (C=O) groups is 1. The highest BCUT2D eigenvalue weighted by Gasteiger charge is 2.33. The van der Waals surface area contributed by atoms with Crippen molar-refractivity contribution in [2.45, 2.75) is 18.9 Å². The zero-order chi connectivity index (χ0) is 14.2. The maximum Gasteiger partial charge on any atom is 0.254 e. The largest absolute Gasteiger partial charge is 0.336 e. The minimum Gasteiger partial charge on any atom is -0.336 e. The molecule has 0 radical (unpaired) electrons. The molecule has 0 aliphatic carbocycles. The lowest BCUT2D eigenvalue weighted by Gasteiger charge is -2.37. The van der Waals surface area contributed by atoms with Crippen molar-refractivity contribution in [3.05, 3.63) is 42.1 Å². The Bertz CT molecular complexity index is 679. The third-order valence-electron chi connectivity index (χ3n) is 4.75. The second kappa shape index (κ2) is 5.11. The van der Waals surface area contributed by atoms with Crippen molar-refractivity contribution in [3.8, 4) is 0 Å². The van der Waals surface area contributed by atoms with Crippen LogP contribution in [0.25, 0.3) is 10.9 Å². The summed E-state index contributed by atoms with van der Waals surface area (Å²) in [5, 5.41) is 0.957. The fourth-order valence-electron chi connectivity index (χ4n) is 3.63. The highest BCUT2D eigenvalue weighted by molar-refractivity contribution is 6.06. The van der Waals surface area contributed by atoms with E-state index in [1.54, 1.807) is 6.20 Å². The van der Waals surface area contributed by atoms with Gasteiger partial charge in [0.05, 0.1) is 11.1 Å². The molecular formula is C17H19N3O. The van der Waals surface area contributed by atoms with Gasteiger partial charge in [-0.1, -0.05) is 18.2 Å². The molecule has 3 heterocycles. The zero-order valence-electron chi connectivity index (χ0n) is 12.0. The smallest absolute Gasteiger partial charge is 0.254 e. The van der Waals surface area contributed by atoms with E-state index in [0.717, 1.165) is 36.1 Å². The number of amides is 1. The Kier molecular flexibility index (Phi) is 3.11. The van der Waals surface area contributed by atoms with Crippen LogP contribution >= 0.6 is 0 Å². The number of benzene rings is 1. The van der Waals surface area contributed by atoms with E-state index in [0.29, 0.717) is 6.04 Å². The molecular weight excluding hydrogens is 262 g/mol. The average Bonchev–Trinajstić information content (AvgIpc) is 3.01. The predicted molar refractivity (Wildman–Crippen MR) is 82.2 cm³/mol. The number of fused-ring (bicyclic) bond motifs is 2. The van der Waals surface area contributed by atoms with E-state index < -0.39 is 0 Å². The number of hydrogen-bond donors (Lipinski definition) is 0. The Hall–Kier alpha value is -1.94. The second-order valence-corrected chi connectivity index (χ2v) is 5.96. The molecule has 2 aliphatic heterocycles. The number of nitrogens with zero attached hydrogens (tertiary/aromatic N) is 3. The number of carbonyl (C=O) groups excluding carboxylic acids is 1. The van der Waals surface area contributed by atoms with Crippen LogP contribution in [0.5, 0.6) is 0 Å². The first-order valence-electron chi connectivity index (χ1n) is 7.70. The Morgan fingerprint density at radius 3 is 3.00 bits per heavy atom. The third kappa shape index (κ3) is 2.20. The monoisotopic (exact) mass is 281 g/mol. The molecule has 0 saturated carbocycles. The van der Waals surface area contributed by atoms with Gasteiger partial charge >= 0.3 is 0 Å². The SMILES string of the molecule is O=C(c1ccnc2ccccc12)N1CCN2CCCC2C1. The van der Waals surface area contributed by atoms with Crippen LogP contribution in [0.15, 0.2) is 36.5 Å². The summed E-state index contributed by atoms with van der Waals surface area (Å²) in [5.41, 5.74) is 1.68. The van der Waals surface area contributed by atoms with E-state index >= 15 is 0 Å². The molecule has 0 spiro atoms. The van der Waals surface area contributed by atoms with Gasteiger partial charge in [0, 0.05) is 37.3 Å². The fraction of sp³-hybridized carbons (Fsp3) is 0.412. The van der Waals surface area contributed by atoms with Crippen molar-refractivity contribution in [3.63, 3.8) is 0 Å². The van der Waals surface area contributed by atoms with Crippen LogP contribution < -0.4 is 0 Å². The average molecular weight is 281 g/mol. The Labute approximate surface area is 124 Å². The molecule has 0 bridgehead atoms. The predicted octanol–water partition coefficient (Wildman–Crippen LogP) is 2.16. The maximum absolute atomic E-state index is 12.9. The van der Waals surface area contributed by atoms with Crippen LogP contribution in [0.2, 0.25) is 0 Å². The molecule has 108 valence electrons. The Morgan fingerprint density at radius 1 is 1.14 bits per heavy atom. The van der Waals surface area contributed by atoms with Crippen LogP contribution in [0.4, 0.5) is 0 Å². The highest BCUT2D eigenvalue weighted by atomic mass is 16.2. The van der Waals surface area contributed by atoms with Gasteiger partial charge in [-0.25, -0.2) is 0 Å². The van der Waals surface area contributed by atoms with E-state index in [1.807, 2.05) is 35.2 Å². The summed E-state index contributed by atoms with van der Waals surface area (Å²) in [5.74, 6) is 0.153. The Balaban J connectivity index is 1.64. The van der Waals surface area contributed by atoms with Crippen molar-refractivity contribution < 1.29 is 4.79 Å². The van der Waals surface area contributed by atoms with Gasteiger partial charge in [-0.15, -0.1) is 0 Å². The normalized spacial score (nSPS) is 22.5. The molecule has 1 unspecified atom stereocenters. The molecule has 4 heteroatoms. The molecule has 1 atom stereocenters.